The fraction of sp³-hybridized carbons (Fsp3) is 0.818. The molecule has 0 aromatic heterocycles. The standard InChI is InChI=1S/C11H21N3O3/c1-7-2-3-8(6-9(7)12)10(15)14-4-5-17-11(13)16/h7-9H,2-6,12H2,1H3,(H2,13,16)(H,14,15). The first-order valence-electron chi connectivity index (χ1n) is 5.96. The Balaban J connectivity index is 2.21. The first-order chi connectivity index (χ1) is 8.00. The monoisotopic (exact) mass is 243 g/mol. The van der Waals surface area contributed by atoms with Crippen LogP contribution in [-0.4, -0.2) is 31.2 Å². The zero-order valence-electron chi connectivity index (χ0n) is 10.1. The van der Waals surface area contributed by atoms with Crippen LogP contribution in [-0.2, 0) is 9.53 Å². The summed E-state index contributed by atoms with van der Waals surface area (Å²) in [6.07, 6.45) is 1.76. The van der Waals surface area contributed by atoms with Gasteiger partial charge in [-0.15, -0.1) is 0 Å². The maximum atomic E-state index is 11.8. The zero-order chi connectivity index (χ0) is 12.8. The molecule has 98 valence electrons. The van der Waals surface area contributed by atoms with Gasteiger partial charge in [0.1, 0.15) is 6.61 Å². The number of amides is 2. The van der Waals surface area contributed by atoms with Crippen LogP contribution in [0.1, 0.15) is 26.2 Å². The van der Waals surface area contributed by atoms with Crippen LogP contribution in [0.4, 0.5) is 4.79 Å². The molecule has 1 aliphatic carbocycles. The van der Waals surface area contributed by atoms with Gasteiger partial charge in [-0.3, -0.25) is 4.79 Å². The van der Waals surface area contributed by atoms with E-state index in [4.69, 9.17) is 11.5 Å². The fourth-order valence-corrected chi connectivity index (χ4v) is 2.07. The Hall–Kier alpha value is -1.30. The van der Waals surface area contributed by atoms with Crippen molar-refractivity contribution in [1.82, 2.24) is 5.32 Å². The number of ether oxygens (including phenoxy) is 1. The summed E-state index contributed by atoms with van der Waals surface area (Å²) >= 11 is 0. The Morgan fingerprint density at radius 2 is 2.12 bits per heavy atom. The van der Waals surface area contributed by atoms with Gasteiger partial charge < -0.3 is 21.5 Å². The molecule has 0 bridgehead atoms. The highest BCUT2D eigenvalue weighted by molar-refractivity contribution is 5.78. The van der Waals surface area contributed by atoms with Gasteiger partial charge >= 0.3 is 6.09 Å². The number of primary amides is 1. The molecule has 5 N–H and O–H groups in total. The van der Waals surface area contributed by atoms with E-state index >= 15 is 0 Å². The van der Waals surface area contributed by atoms with E-state index in [0.717, 1.165) is 19.3 Å². The second-order valence-corrected chi connectivity index (χ2v) is 4.61. The largest absolute Gasteiger partial charge is 0.448 e. The van der Waals surface area contributed by atoms with Crippen LogP contribution in [0, 0.1) is 11.8 Å². The highest BCUT2D eigenvalue weighted by atomic mass is 16.5. The summed E-state index contributed by atoms with van der Waals surface area (Å²) in [5.74, 6) is 0.451. The van der Waals surface area contributed by atoms with E-state index < -0.39 is 6.09 Å². The topological polar surface area (TPSA) is 107 Å². The Morgan fingerprint density at radius 3 is 2.71 bits per heavy atom. The van der Waals surface area contributed by atoms with Crippen molar-refractivity contribution in [2.45, 2.75) is 32.2 Å². The van der Waals surface area contributed by atoms with E-state index in [0.29, 0.717) is 12.5 Å². The van der Waals surface area contributed by atoms with Crippen LogP contribution in [0.3, 0.4) is 0 Å². The molecule has 17 heavy (non-hydrogen) atoms. The normalized spacial score (nSPS) is 28.5. The first-order valence-corrected chi connectivity index (χ1v) is 5.96. The van der Waals surface area contributed by atoms with Gasteiger partial charge in [0.05, 0.1) is 6.54 Å². The lowest BCUT2D eigenvalue weighted by atomic mass is 9.79. The number of rotatable bonds is 4. The van der Waals surface area contributed by atoms with E-state index in [1.165, 1.54) is 0 Å². The minimum absolute atomic E-state index is 0.0135. The quantitative estimate of drug-likeness (QED) is 0.602. The molecule has 0 aliphatic heterocycles. The van der Waals surface area contributed by atoms with Crippen molar-refractivity contribution in [3.05, 3.63) is 0 Å². The third-order valence-electron chi connectivity index (χ3n) is 3.27. The van der Waals surface area contributed by atoms with E-state index in [1.807, 2.05) is 0 Å². The van der Waals surface area contributed by atoms with Gasteiger partial charge in [0, 0.05) is 12.0 Å². The SMILES string of the molecule is CC1CCC(C(=O)NCCOC(N)=O)CC1N. The minimum Gasteiger partial charge on any atom is -0.448 e. The molecule has 3 atom stereocenters. The van der Waals surface area contributed by atoms with Gasteiger partial charge in [0.2, 0.25) is 5.91 Å². The van der Waals surface area contributed by atoms with Crippen molar-refractivity contribution >= 4 is 12.0 Å². The smallest absolute Gasteiger partial charge is 0.404 e. The zero-order valence-corrected chi connectivity index (χ0v) is 10.1. The lowest BCUT2D eigenvalue weighted by Crippen LogP contribution is -2.42. The molecule has 2 amide bonds. The first kappa shape index (κ1) is 13.8. The molecular weight excluding hydrogens is 222 g/mol. The van der Waals surface area contributed by atoms with Gasteiger partial charge in [-0.2, -0.15) is 0 Å². The van der Waals surface area contributed by atoms with Crippen molar-refractivity contribution in [2.75, 3.05) is 13.2 Å². The van der Waals surface area contributed by atoms with E-state index in [-0.39, 0.29) is 24.5 Å². The number of hydrogen-bond acceptors (Lipinski definition) is 4. The van der Waals surface area contributed by atoms with E-state index in [1.54, 1.807) is 0 Å². The third kappa shape index (κ3) is 4.60. The number of carbonyl (C=O) groups is 2. The van der Waals surface area contributed by atoms with Crippen molar-refractivity contribution in [3.8, 4) is 0 Å². The predicted molar refractivity (Wildman–Crippen MR) is 63.0 cm³/mol. The molecular formula is C11H21N3O3. The van der Waals surface area contributed by atoms with Crippen LogP contribution in [0.5, 0.6) is 0 Å². The Morgan fingerprint density at radius 1 is 1.41 bits per heavy atom. The maximum Gasteiger partial charge on any atom is 0.404 e. The Kier molecular flexibility index (Phi) is 5.21. The molecule has 1 rings (SSSR count). The summed E-state index contributed by atoms with van der Waals surface area (Å²) in [6, 6.07) is 0.0985. The van der Waals surface area contributed by atoms with Crippen molar-refractivity contribution < 1.29 is 14.3 Å². The molecule has 3 unspecified atom stereocenters. The summed E-state index contributed by atoms with van der Waals surface area (Å²) < 4.78 is 4.52. The van der Waals surface area contributed by atoms with Crippen LogP contribution < -0.4 is 16.8 Å². The molecule has 1 fully saturated rings. The molecule has 6 nitrogen and oxygen atoms in total. The van der Waals surface area contributed by atoms with Gasteiger partial charge in [0.25, 0.3) is 0 Å². The summed E-state index contributed by atoms with van der Waals surface area (Å²) in [6.45, 7) is 2.51. The van der Waals surface area contributed by atoms with Gasteiger partial charge in [-0.25, -0.2) is 4.79 Å². The Labute approximate surface area is 101 Å². The molecule has 1 aliphatic rings. The lowest BCUT2D eigenvalue weighted by Gasteiger charge is -2.30. The fourth-order valence-electron chi connectivity index (χ4n) is 2.07. The number of hydrogen-bond donors (Lipinski definition) is 3. The minimum atomic E-state index is -0.826. The molecule has 0 aromatic rings. The molecule has 0 heterocycles. The predicted octanol–water partition coefficient (Wildman–Crippen LogP) is -0.0386. The third-order valence-corrected chi connectivity index (χ3v) is 3.27. The Bertz CT molecular complexity index is 283. The summed E-state index contributed by atoms with van der Waals surface area (Å²) in [5.41, 5.74) is 10.7. The second kappa shape index (κ2) is 6.44. The van der Waals surface area contributed by atoms with E-state index in [9.17, 15) is 9.59 Å². The van der Waals surface area contributed by atoms with Crippen molar-refractivity contribution in [2.24, 2.45) is 23.3 Å². The van der Waals surface area contributed by atoms with Crippen molar-refractivity contribution in [3.63, 3.8) is 0 Å². The molecule has 0 aromatic carbocycles. The molecule has 0 radical (unpaired) electrons. The van der Waals surface area contributed by atoms with Crippen LogP contribution in [0.15, 0.2) is 0 Å². The number of nitrogens with one attached hydrogen (secondary N) is 1. The average molecular weight is 243 g/mol. The molecule has 0 saturated heterocycles. The summed E-state index contributed by atoms with van der Waals surface area (Å²) in [7, 11) is 0. The molecule has 1 saturated carbocycles. The van der Waals surface area contributed by atoms with Gasteiger partial charge in [-0.1, -0.05) is 6.92 Å². The number of carbonyl (C=O) groups excluding carboxylic acids is 2. The summed E-state index contributed by atoms with van der Waals surface area (Å²) in [4.78, 5) is 22.1. The molecule has 6 heteroatoms. The van der Waals surface area contributed by atoms with Gasteiger partial charge in [-0.05, 0) is 25.2 Å². The average Bonchev–Trinajstić information content (AvgIpc) is 2.27. The van der Waals surface area contributed by atoms with Crippen molar-refractivity contribution in [1.29, 1.82) is 0 Å². The van der Waals surface area contributed by atoms with Gasteiger partial charge in [0.15, 0.2) is 0 Å². The summed E-state index contributed by atoms with van der Waals surface area (Å²) in [5, 5.41) is 2.72. The second-order valence-electron chi connectivity index (χ2n) is 4.61. The highest BCUT2D eigenvalue weighted by Gasteiger charge is 2.29. The van der Waals surface area contributed by atoms with Crippen LogP contribution in [0.2, 0.25) is 0 Å². The maximum absolute atomic E-state index is 11.8. The van der Waals surface area contributed by atoms with E-state index in [2.05, 4.69) is 17.0 Å². The lowest BCUT2D eigenvalue weighted by molar-refractivity contribution is -0.126. The van der Waals surface area contributed by atoms with Crippen LogP contribution in [0.25, 0.3) is 0 Å². The highest BCUT2D eigenvalue weighted by Crippen LogP contribution is 2.27. The number of nitrogens with two attached hydrogens (primary N) is 2. The van der Waals surface area contributed by atoms with Crippen LogP contribution >= 0.6 is 0 Å². The molecule has 0 spiro atoms.